The van der Waals surface area contributed by atoms with Crippen LogP contribution in [-0.4, -0.2) is 98.7 Å². The molecular weight excluding hydrogens is 453 g/mol. The zero-order chi connectivity index (χ0) is 23.1. The van der Waals surface area contributed by atoms with Crippen LogP contribution in [0.1, 0.15) is 0 Å². The van der Waals surface area contributed by atoms with E-state index >= 15 is 0 Å². The van der Waals surface area contributed by atoms with Crippen molar-refractivity contribution in [2.45, 2.75) is 13.5 Å². The average molecular weight is 473 g/mol. The van der Waals surface area contributed by atoms with Crippen LogP contribution in [0.2, 0.25) is 0 Å². The fourth-order valence-electron chi connectivity index (χ4n) is 2.51. The molecule has 0 bridgehead atoms. The maximum atomic E-state index is 11.4. The summed E-state index contributed by atoms with van der Waals surface area (Å²) in [5, 5.41) is 39.8. The third-order valence-corrected chi connectivity index (χ3v) is 3.83. The number of fused-ring (bicyclic) bond motifs is 2. The molecule has 0 fully saturated rings. The van der Waals surface area contributed by atoms with E-state index in [1.807, 2.05) is 0 Å². The molecule has 0 spiro atoms. The zero-order valence-corrected chi connectivity index (χ0v) is 18.8. The summed E-state index contributed by atoms with van der Waals surface area (Å²) < 4.78 is 13.2. The standard InChI is InChI=1S/2C8H11N5O3.Mg/c2*9-8-11-6-5(7(15)12-8)10-3-13(6)4-16-2-1-14;/h2*3,14H,1-2,4H2,(H3,9,11,12,15);/q;;+2/p-2. The molecule has 4 heterocycles. The quantitative estimate of drug-likeness (QED) is 0.144. The first kappa shape index (κ1) is 26.2. The molecule has 0 aromatic carbocycles. The number of ether oxygens (including phenoxy) is 2. The van der Waals surface area contributed by atoms with E-state index in [-0.39, 0.29) is 85.9 Å². The molecule has 0 amide bonds. The number of aromatic nitrogens is 8. The van der Waals surface area contributed by atoms with E-state index in [1.54, 1.807) is 0 Å². The summed E-state index contributed by atoms with van der Waals surface area (Å²) in [5.41, 5.74) is 11.7. The third kappa shape index (κ3) is 6.46. The number of imidazole rings is 2. The van der Waals surface area contributed by atoms with Crippen molar-refractivity contribution >= 4 is 57.3 Å². The number of hydrogen-bond acceptors (Lipinski definition) is 14. The van der Waals surface area contributed by atoms with Crippen molar-refractivity contribution in [3.63, 3.8) is 0 Å². The molecule has 0 aliphatic heterocycles. The molecule has 0 radical (unpaired) electrons. The molecular formula is C16H20MgN10O6. The number of nitrogens with two attached hydrogens (primary N) is 2. The van der Waals surface area contributed by atoms with Crippen molar-refractivity contribution in [2.24, 2.45) is 0 Å². The van der Waals surface area contributed by atoms with Crippen LogP contribution in [0.4, 0.5) is 11.9 Å². The van der Waals surface area contributed by atoms with E-state index in [4.69, 9.17) is 31.2 Å². The van der Waals surface area contributed by atoms with E-state index < -0.39 is 11.8 Å². The molecule has 33 heavy (non-hydrogen) atoms. The maximum Gasteiger partial charge on any atom is 2.00 e. The molecule has 16 nitrogen and oxygen atoms in total. The molecule has 4 aromatic heterocycles. The predicted molar refractivity (Wildman–Crippen MR) is 110 cm³/mol. The smallest absolute Gasteiger partial charge is 0.857 e. The second-order valence-electron chi connectivity index (χ2n) is 6.07. The Morgan fingerprint density at radius 3 is 1.52 bits per heavy atom. The van der Waals surface area contributed by atoms with Gasteiger partial charge in [-0.15, -0.1) is 0 Å². The Bertz CT molecular complexity index is 1090. The van der Waals surface area contributed by atoms with Crippen molar-refractivity contribution in [2.75, 3.05) is 37.9 Å². The monoisotopic (exact) mass is 472 g/mol. The van der Waals surface area contributed by atoms with Crippen LogP contribution in [0.3, 0.4) is 0 Å². The van der Waals surface area contributed by atoms with Gasteiger partial charge in [0.25, 0.3) is 0 Å². The van der Waals surface area contributed by atoms with Gasteiger partial charge in [0.1, 0.15) is 24.5 Å². The van der Waals surface area contributed by atoms with Crippen LogP contribution >= 0.6 is 0 Å². The Kier molecular flexibility index (Phi) is 9.69. The van der Waals surface area contributed by atoms with Gasteiger partial charge >= 0.3 is 23.1 Å². The van der Waals surface area contributed by atoms with Gasteiger partial charge in [-0.25, -0.2) is 19.9 Å². The fraction of sp³-hybridized carbons (Fsp3) is 0.375. The molecule has 17 heteroatoms. The largest absolute Gasteiger partial charge is 2.00 e. The number of aliphatic hydroxyl groups excluding tert-OH is 2. The minimum absolute atomic E-state index is 0. The van der Waals surface area contributed by atoms with Crippen molar-refractivity contribution < 1.29 is 29.9 Å². The maximum absolute atomic E-state index is 11.4. The van der Waals surface area contributed by atoms with Gasteiger partial charge in [0.2, 0.25) is 11.9 Å². The minimum atomic E-state index is -0.511. The summed E-state index contributed by atoms with van der Waals surface area (Å²) in [6, 6.07) is 0. The molecule has 4 aromatic rings. The molecule has 0 atom stereocenters. The van der Waals surface area contributed by atoms with Crippen molar-refractivity contribution in [1.82, 2.24) is 39.0 Å². The van der Waals surface area contributed by atoms with Gasteiger partial charge in [-0.1, -0.05) is 0 Å². The Labute approximate surface area is 202 Å². The Balaban J connectivity index is 0.000000227. The summed E-state index contributed by atoms with van der Waals surface area (Å²) in [4.78, 5) is 22.5. The van der Waals surface area contributed by atoms with Gasteiger partial charge in [-0.05, 0) is 0 Å². The van der Waals surface area contributed by atoms with E-state index in [2.05, 4.69) is 29.9 Å². The molecule has 6 N–H and O–H groups in total. The number of nitrogen functional groups attached to an aromatic ring is 2. The van der Waals surface area contributed by atoms with Crippen LogP contribution in [0.25, 0.3) is 22.3 Å². The number of nitrogens with zero attached hydrogens (tertiary/aromatic N) is 8. The molecule has 0 saturated heterocycles. The molecule has 172 valence electrons. The molecule has 0 unspecified atom stereocenters. The van der Waals surface area contributed by atoms with E-state index in [0.29, 0.717) is 11.3 Å². The van der Waals surface area contributed by atoms with Gasteiger partial charge in [0.05, 0.1) is 39.1 Å². The summed E-state index contributed by atoms with van der Waals surface area (Å²) in [6.45, 7) is 0.544. The predicted octanol–water partition coefficient (Wildman–Crippen LogP) is -3.48. The topological polar surface area (TPSA) is 244 Å². The van der Waals surface area contributed by atoms with Crippen LogP contribution in [-0.2, 0) is 22.9 Å². The third-order valence-electron chi connectivity index (χ3n) is 3.83. The summed E-state index contributed by atoms with van der Waals surface area (Å²) in [7, 11) is 0. The first-order valence-corrected chi connectivity index (χ1v) is 9.12. The first-order chi connectivity index (χ1) is 15.4. The van der Waals surface area contributed by atoms with Crippen LogP contribution in [0, 0.1) is 0 Å². The van der Waals surface area contributed by atoms with Crippen molar-refractivity contribution in [3.05, 3.63) is 12.7 Å². The van der Waals surface area contributed by atoms with E-state index in [0.717, 1.165) is 0 Å². The minimum Gasteiger partial charge on any atom is -0.857 e. The van der Waals surface area contributed by atoms with Gasteiger partial charge < -0.3 is 41.4 Å². The van der Waals surface area contributed by atoms with Crippen LogP contribution < -0.4 is 21.7 Å². The Morgan fingerprint density at radius 2 is 1.15 bits per heavy atom. The number of aliphatic hydroxyl groups is 2. The molecule has 4 rings (SSSR count). The summed E-state index contributed by atoms with van der Waals surface area (Å²) in [5.74, 6) is -1.21. The van der Waals surface area contributed by atoms with Gasteiger partial charge in [-0.3, -0.25) is 9.13 Å². The number of anilines is 2. The number of rotatable bonds is 8. The average Bonchev–Trinajstić information content (AvgIpc) is 3.34. The van der Waals surface area contributed by atoms with E-state index in [1.165, 1.54) is 21.8 Å². The second-order valence-corrected chi connectivity index (χ2v) is 6.07. The second kappa shape index (κ2) is 12.2. The molecule has 0 aliphatic rings. The Morgan fingerprint density at radius 1 is 0.758 bits per heavy atom. The zero-order valence-electron chi connectivity index (χ0n) is 17.4. The van der Waals surface area contributed by atoms with Crippen LogP contribution in [0.5, 0.6) is 11.8 Å². The SMILES string of the molecule is Nc1nc([O-])c2ncn(COCCO)c2n1.Nc1nc([O-])c2ncn(COCCO)c2n1.[Mg+2]. The van der Waals surface area contributed by atoms with Gasteiger partial charge in [-0.2, -0.15) is 9.97 Å². The summed E-state index contributed by atoms with van der Waals surface area (Å²) in [6.07, 6.45) is 2.83. The van der Waals surface area contributed by atoms with Crippen molar-refractivity contribution in [1.29, 1.82) is 0 Å². The van der Waals surface area contributed by atoms with Crippen LogP contribution in [0.15, 0.2) is 12.7 Å². The van der Waals surface area contributed by atoms with Gasteiger partial charge in [0.15, 0.2) is 11.3 Å². The normalized spacial score (nSPS) is 10.7. The molecule has 0 aliphatic carbocycles. The fourth-order valence-corrected chi connectivity index (χ4v) is 2.51. The van der Waals surface area contributed by atoms with Gasteiger partial charge in [0, 0.05) is 11.8 Å². The Hall–Kier alpha value is -3.09. The van der Waals surface area contributed by atoms with E-state index in [9.17, 15) is 10.2 Å². The molecule has 0 saturated carbocycles. The first-order valence-electron chi connectivity index (χ1n) is 9.12. The van der Waals surface area contributed by atoms with Crippen molar-refractivity contribution in [3.8, 4) is 11.8 Å². The number of hydrogen-bond donors (Lipinski definition) is 4. The summed E-state index contributed by atoms with van der Waals surface area (Å²) >= 11 is 0.